The van der Waals surface area contributed by atoms with Crippen LogP contribution in [0.2, 0.25) is 0 Å². The molecule has 3 unspecified atom stereocenters. The molecule has 0 heterocycles. The van der Waals surface area contributed by atoms with Crippen LogP contribution in [-0.4, -0.2) is 50.2 Å². The maximum absolute atomic E-state index is 15.1. The standard InChI is InChI=1S/C36H59O9P/c1-9-17-23-40-32-27-33(46(39,43-26-20-12-4)45-31(22-14-6)29(38)16-8)35(42-25-19-11-3)36(34(32)41-24-18-10-2)44-30(21-13-5)28(37)15-7/h15-16,27,30-31H,7-14,17-26H2,1-6H3. The Balaban J connectivity index is 4.24. The summed E-state index contributed by atoms with van der Waals surface area (Å²) in [6, 6.07) is 1.57. The van der Waals surface area contributed by atoms with Crippen LogP contribution in [0.15, 0.2) is 31.4 Å². The quantitative estimate of drug-likeness (QED) is 0.0470. The van der Waals surface area contributed by atoms with Gasteiger partial charge >= 0.3 is 7.60 Å². The van der Waals surface area contributed by atoms with Gasteiger partial charge in [-0.2, -0.15) is 0 Å². The Kier molecular flexibility index (Phi) is 21.3. The predicted octanol–water partition coefficient (Wildman–Crippen LogP) is 9.10. The molecule has 0 amide bonds. The molecule has 0 bridgehead atoms. The van der Waals surface area contributed by atoms with Gasteiger partial charge < -0.3 is 23.5 Å². The summed E-state index contributed by atoms with van der Waals surface area (Å²) in [6.45, 7) is 20.4. The second kappa shape index (κ2) is 23.7. The van der Waals surface area contributed by atoms with Gasteiger partial charge in [0.15, 0.2) is 29.2 Å². The highest BCUT2D eigenvalue weighted by molar-refractivity contribution is 7.62. The van der Waals surface area contributed by atoms with Crippen LogP contribution in [0, 0.1) is 0 Å². The molecule has 0 aliphatic carbocycles. The summed E-state index contributed by atoms with van der Waals surface area (Å²) >= 11 is 0. The van der Waals surface area contributed by atoms with Gasteiger partial charge in [-0.15, -0.1) is 0 Å². The molecule has 1 aromatic carbocycles. The van der Waals surface area contributed by atoms with Crippen LogP contribution >= 0.6 is 7.60 Å². The summed E-state index contributed by atoms with van der Waals surface area (Å²) in [4.78, 5) is 25.9. The van der Waals surface area contributed by atoms with Crippen molar-refractivity contribution in [3.63, 3.8) is 0 Å². The number of benzene rings is 1. The number of ether oxygens (including phenoxy) is 4. The number of unbranched alkanes of at least 4 members (excludes halogenated alkanes) is 4. The molecule has 0 N–H and O–H groups in total. The lowest BCUT2D eigenvalue weighted by molar-refractivity contribution is -0.122. The predicted molar refractivity (Wildman–Crippen MR) is 185 cm³/mol. The third kappa shape index (κ3) is 13.2. The molecule has 3 atom stereocenters. The Morgan fingerprint density at radius 3 is 1.67 bits per heavy atom. The second-order valence-electron chi connectivity index (χ2n) is 11.2. The van der Waals surface area contributed by atoms with Crippen LogP contribution in [-0.2, 0) is 23.2 Å². The van der Waals surface area contributed by atoms with Crippen molar-refractivity contribution in [2.75, 3.05) is 26.4 Å². The molecule has 0 aliphatic heterocycles. The molecular weight excluding hydrogens is 607 g/mol. The van der Waals surface area contributed by atoms with E-state index >= 15 is 4.57 Å². The van der Waals surface area contributed by atoms with Crippen molar-refractivity contribution < 1.29 is 42.1 Å². The minimum atomic E-state index is -4.29. The second-order valence-corrected chi connectivity index (χ2v) is 13.1. The fourth-order valence-electron chi connectivity index (χ4n) is 4.33. The Bertz CT molecular complexity index is 1120. The SMILES string of the molecule is C=CC(=O)C(CCC)Oc1c(OCCCC)c(OCCCC)cc(P(=O)(OCCCC)OC(CCC)C(=O)C=C)c1OCCCC. The normalized spacial score (nSPS) is 13.7. The number of ketones is 2. The maximum Gasteiger partial charge on any atom is 0.366 e. The van der Waals surface area contributed by atoms with Gasteiger partial charge in [-0.25, -0.2) is 0 Å². The Morgan fingerprint density at radius 2 is 1.15 bits per heavy atom. The van der Waals surface area contributed by atoms with E-state index in [0.29, 0.717) is 51.7 Å². The molecule has 0 spiro atoms. The highest BCUT2D eigenvalue weighted by atomic mass is 31.2. The zero-order valence-corrected chi connectivity index (χ0v) is 30.1. The van der Waals surface area contributed by atoms with Gasteiger partial charge in [0.1, 0.15) is 11.4 Å². The van der Waals surface area contributed by atoms with E-state index in [1.165, 1.54) is 12.2 Å². The fraction of sp³-hybridized carbons (Fsp3) is 0.667. The molecule has 10 heteroatoms. The number of hydrogen-bond acceptors (Lipinski definition) is 9. The van der Waals surface area contributed by atoms with E-state index in [1.54, 1.807) is 6.07 Å². The molecule has 0 aromatic heterocycles. The third-order valence-electron chi connectivity index (χ3n) is 7.10. The molecule has 9 nitrogen and oxygen atoms in total. The first kappa shape index (κ1) is 41.4. The van der Waals surface area contributed by atoms with Gasteiger partial charge in [0, 0.05) is 6.07 Å². The lowest BCUT2D eigenvalue weighted by atomic mass is 10.1. The first-order valence-corrected chi connectivity index (χ1v) is 18.8. The Labute approximate surface area is 277 Å². The van der Waals surface area contributed by atoms with Crippen molar-refractivity contribution in [1.29, 1.82) is 0 Å². The van der Waals surface area contributed by atoms with Crippen molar-refractivity contribution >= 4 is 24.5 Å². The Hall–Kier alpha value is -2.61. The molecule has 0 fully saturated rings. The van der Waals surface area contributed by atoms with Crippen LogP contribution in [0.1, 0.15) is 119 Å². The van der Waals surface area contributed by atoms with Gasteiger partial charge in [0.25, 0.3) is 0 Å². The fourth-order valence-corrected chi connectivity index (χ4v) is 6.25. The van der Waals surface area contributed by atoms with Crippen LogP contribution in [0.5, 0.6) is 23.0 Å². The largest absolute Gasteiger partial charge is 0.490 e. The van der Waals surface area contributed by atoms with Gasteiger partial charge in [0.05, 0.1) is 26.4 Å². The van der Waals surface area contributed by atoms with Gasteiger partial charge in [-0.1, -0.05) is 93.2 Å². The molecule has 0 saturated heterocycles. The molecule has 1 aromatic rings. The van der Waals surface area contributed by atoms with Crippen molar-refractivity contribution in [1.82, 2.24) is 0 Å². The molecule has 0 aliphatic rings. The van der Waals surface area contributed by atoms with E-state index in [9.17, 15) is 9.59 Å². The summed E-state index contributed by atoms with van der Waals surface area (Å²) in [7, 11) is -4.29. The average Bonchev–Trinajstić information content (AvgIpc) is 3.05. The smallest absolute Gasteiger partial charge is 0.366 e. The summed E-state index contributed by atoms with van der Waals surface area (Å²) in [5.41, 5.74) is 0. The summed E-state index contributed by atoms with van der Waals surface area (Å²) < 4.78 is 52.9. The average molecular weight is 667 g/mol. The number of carbonyl (C=O) groups excluding carboxylic acids is 2. The highest BCUT2D eigenvalue weighted by Gasteiger charge is 2.40. The first-order chi connectivity index (χ1) is 22.2. The van der Waals surface area contributed by atoms with E-state index in [4.69, 9.17) is 28.0 Å². The van der Waals surface area contributed by atoms with E-state index < -0.39 is 25.6 Å². The number of rotatable bonds is 29. The van der Waals surface area contributed by atoms with E-state index in [2.05, 4.69) is 27.0 Å². The monoisotopic (exact) mass is 666 g/mol. The minimum absolute atomic E-state index is 0.0586. The first-order valence-electron chi connectivity index (χ1n) is 17.2. The van der Waals surface area contributed by atoms with Gasteiger partial charge in [-0.05, 0) is 50.7 Å². The lowest BCUT2D eigenvalue weighted by Crippen LogP contribution is -2.29. The molecule has 1 rings (SSSR count). The molecule has 46 heavy (non-hydrogen) atoms. The van der Waals surface area contributed by atoms with Crippen molar-refractivity contribution in [2.45, 2.75) is 131 Å². The van der Waals surface area contributed by atoms with Crippen LogP contribution < -0.4 is 24.3 Å². The molecule has 0 radical (unpaired) electrons. The summed E-state index contributed by atoms with van der Waals surface area (Å²) in [5.74, 6) is -0.00634. The third-order valence-corrected chi connectivity index (χ3v) is 9.08. The van der Waals surface area contributed by atoms with E-state index in [0.717, 1.165) is 38.5 Å². The zero-order valence-electron chi connectivity index (χ0n) is 29.2. The lowest BCUT2D eigenvalue weighted by Gasteiger charge is -2.29. The minimum Gasteiger partial charge on any atom is -0.490 e. The Morgan fingerprint density at radius 1 is 0.674 bits per heavy atom. The molecule has 0 saturated carbocycles. The van der Waals surface area contributed by atoms with E-state index in [1.807, 2.05) is 27.7 Å². The van der Waals surface area contributed by atoms with Gasteiger partial charge in [0.2, 0.25) is 11.5 Å². The topological polar surface area (TPSA) is 107 Å². The number of hydrogen-bond donors (Lipinski definition) is 0. The highest BCUT2D eigenvalue weighted by Crippen LogP contribution is 2.57. The molecular formula is C36H59O9P. The summed E-state index contributed by atoms with van der Waals surface area (Å²) in [5, 5.41) is 0.0586. The molecule has 262 valence electrons. The summed E-state index contributed by atoms with van der Waals surface area (Å²) in [6.07, 6.45) is 8.64. The van der Waals surface area contributed by atoms with Gasteiger partial charge in [-0.3, -0.25) is 18.7 Å². The van der Waals surface area contributed by atoms with Crippen molar-refractivity contribution in [3.05, 3.63) is 31.4 Å². The number of carbonyl (C=O) groups is 2. The van der Waals surface area contributed by atoms with Crippen molar-refractivity contribution in [3.8, 4) is 23.0 Å². The van der Waals surface area contributed by atoms with Crippen LogP contribution in [0.25, 0.3) is 0 Å². The zero-order chi connectivity index (χ0) is 34.4. The van der Waals surface area contributed by atoms with E-state index in [-0.39, 0.29) is 47.3 Å². The van der Waals surface area contributed by atoms with Crippen LogP contribution in [0.4, 0.5) is 0 Å². The van der Waals surface area contributed by atoms with Crippen molar-refractivity contribution in [2.24, 2.45) is 0 Å². The maximum atomic E-state index is 15.1. The van der Waals surface area contributed by atoms with Crippen LogP contribution in [0.3, 0.4) is 0 Å².